The maximum atomic E-state index is 12.2. The molecule has 156 valence electrons. The van der Waals surface area contributed by atoms with E-state index in [-0.39, 0.29) is 12.3 Å². The maximum Gasteiger partial charge on any atom is 0.246 e. The second-order valence-electron chi connectivity index (χ2n) is 7.06. The summed E-state index contributed by atoms with van der Waals surface area (Å²) < 4.78 is 6.14. The number of amides is 1. The van der Waals surface area contributed by atoms with Crippen LogP contribution in [0, 0.1) is 6.92 Å². The SMILES string of the molecule is Cc1ccccc1COc1ccc2ccccc2c1/C=N/NC(=O)Cc1csc(N)n1. The quantitative estimate of drug-likeness (QED) is 0.335. The zero-order chi connectivity index (χ0) is 21.6. The molecule has 0 saturated carbocycles. The Labute approximate surface area is 184 Å². The Morgan fingerprint density at radius 3 is 2.77 bits per heavy atom. The lowest BCUT2D eigenvalue weighted by Gasteiger charge is -2.13. The van der Waals surface area contributed by atoms with Gasteiger partial charge in [0.15, 0.2) is 5.13 Å². The molecular weight excluding hydrogens is 408 g/mol. The number of rotatable bonds is 7. The van der Waals surface area contributed by atoms with E-state index in [1.165, 1.54) is 16.9 Å². The van der Waals surface area contributed by atoms with Gasteiger partial charge in [0.25, 0.3) is 0 Å². The van der Waals surface area contributed by atoms with Crippen LogP contribution in [0.1, 0.15) is 22.4 Å². The summed E-state index contributed by atoms with van der Waals surface area (Å²) in [4.78, 5) is 16.3. The molecule has 0 aliphatic rings. The fourth-order valence-corrected chi connectivity index (χ4v) is 3.80. The molecule has 0 aliphatic carbocycles. The summed E-state index contributed by atoms with van der Waals surface area (Å²) in [6.45, 7) is 2.51. The maximum absolute atomic E-state index is 12.2. The number of carbonyl (C=O) groups excluding carboxylic acids is 1. The fourth-order valence-electron chi connectivity index (χ4n) is 3.24. The van der Waals surface area contributed by atoms with E-state index in [0.717, 1.165) is 21.9 Å². The summed E-state index contributed by atoms with van der Waals surface area (Å²) in [6.07, 6.45) is 1.75. The van der Waals surface area contributed by atoms with Gasteiger partial charge in [-0.2, -0.15) is 5.10 Å². The number of hydrazone groups is 1. The summed E-state index contributed by atoms with van der Waals surface area (Å²) in [5.74, 6) is 0.441. The molecule has 0 fully saturated rings. The number of aryl methyl sites for hydroxylation is 1. The van der Waals surface area contributed by atoms with E-state index in [4.69, 9.17) is 10.5 Å². The number of hydrogen-bond acceptors (Lipinski definition) is 6. The van der Waals surface area contributed by atoms with E-state index in [1.54, 1.807) is 11.6 Å². The first kappa shape index (κ1) is 20.6. The minimum absolute atomic E-state index is 0.122. The molecule has 1 heterocycles. The molecule has 4 rings (SSSR count). The third-order valence-corrected chi connectivity index (χ3v) is 5.59. The minimum Gasteiger partial charge on any atom is -0.488 e. The van der Waals surface area contributed by atoms with Gasteiger partial charge in [-0.15, -0.1) is 11.3 Å². The van der Waals surface area contributed by atoms with Gasteiger partial charge in [0.1, 0.15) is 12.4 Å². The van der Waals surface area contributed by atoms with Crippen LogP contribution in [0.15, 0.2) is 71.1 Å². The Morgan fingerprint density at radius 2 is 1.97 bits per heavy atom. The smallest absolute Gasteiger partial charge is 0.246 e. The Morgan fingerprint density at radius 1 is 1.16 bits per heavy atom. The first-order chi connectivity index (χ1) is 15.1. The van der Waals surface area contributed by atoms with Crippen LogP contribution < -0.4 is 15.9 Å². The van der Waals surface area contributed by atoms with E-state index in [9.17, 15) is 4.79 Å². The lowest BCUT2D eigenvalue weighted by Crippen LogP contribution is -2.20. The summed E-state index contributed by atoms with van der Waals surface area (Å²) >= 11 is 1.31. The fraction of sp³-hybridized carbons (Fsp3) is 0.125. The highest BCUT2D eigenvalue weighted by atomic mass is 32.1. The van der Waals surface area contributed by atoms with Crippen LogP contribution in [0.5, 0.6) is 5.75 Å². The van der Waals surface area contributed by atoms with Gasteiger partial charge in [-0.05, 0) is 34.9 Å². The predicted octanol–water partition coefficient (Wildman–Crippen LogP) is 4.46. The molecule has 0 spiro atoms. The third-order valence-electron chi connectivity index (χ3n) is 4.87. The molecule has 3 aromatic carbocycles. The molecule has 0 aliphatic heterocycles. The predicted molar refractivity (Wildman–Crippen MR) is 125 cm³/mol. The van der Waals surface area contributed by atoms with Crippen molar-refractivity contribution in [3.05, 3.63) is 88.4 Å². The van der Waals surface area contributed by atoms with Gasteiger partial charge in [-0.3, -0.25) is 4.79 Å². The first-order valence-corrected chi connectivity index (χ1v) is 10.7. The second-order valence-corrected chi connectivity index (χ2v) is 7.95. The number of nitrogens with one attached hydrogen (secondary N) is 1. The number of ether oxygens (including phenoxy) is 1. The lowest BCUT2D eigenvalue weighted by atomic mass is 10.0. The Bertz CT molecular complexity index is 1250. The van der Waals surface area contributed by atoms with Crippen molar-refractivity contribution in [2.75, 3.05) is 5.73 Å². The number of nitrogens with two attached hydrogens (primary N) is 1. The van der Waals surface area contributed by atoms with Gasteiger partial charge in [0, 0.05) is 10.9 Å². The number of carbonyl (C=O) groups is 1. The molecule has 0 atom stereocenters. The van der Waals surface area contributed by atoms with E-state index in [2.05, 4.69) is 34.6 Å². The topological polar surface area (TPSA) is 89.6 Å². The van der Waals surface area contributed by atoms with Crippen molar-refractivity contribution in [3.8, 4) is 5.75 Å². The third kappa shape index (κ3) is 5.07. The number of aromatic nitrogens is 1. The largest absolute Gasteiger partial charge is 0.488 e. The van der Waals surface area contributed by atoms with Gasteiger partial charge in [0.2, 0.25) is 5.91 Å². The zero-order valence-corrected chi connectivity index (χ0v) is 17.9. The number of nitrogen functional groups attached to an aromatic ring is 1. The van der Waals surface area contributed by atoms with Crippen LogP contribution >= 0.6 is 11.3 Å². The highest BCUT2D eigenvalue weighted by molar-refractivity contribution is 7.13. The van der Waals surface area contributed by atoms with Crippen LogP contribution in [-0.2, 0) is 17.8 Å². The number of hydrogen-bond donors (Lipinski definition) is 2. The number of benzene rings is 3. The molecule has 1 amide bonds. The summed E-state index contributed by atoms with van der Waals surface area (Å²) in [6, 6.07) is 20.1. The summed E-state index contributed by atoms with van der Waals surface area (Å²) in [5.41, 5.74) is 11.9. The van der Waals surface area contributed by atoms with Gasteiger partial charge in [-0.1, -0.05) is 54.6 Å². The molecule has 0 saturated heterocycles. The van der Waals surface area contributed by atoms with Gasteiger partial charge < -0.3 is 10.5 Å². The zero-order valence-electron chi connectivity index (χ0n) is 17.0. The molecule has 0 bridgehead atoms. The van der Waals surface area contributed by atoms with Crippen LogP contribution in [0.2, 0.25) is 0 Å². The van der Waals surface area contributed by atoms with Gasteiger partial charge >= 0.3 is 0 Å². The van der Waals surface area contributed by atoms with E-state index in [0.29, 0.717) is 23.2 Å². The lowest BCUT2D eigenvalue weighted by molar-refractivity contribution is -0.120. The standard InChI is InChI=1S/C24H22N4O2S/c1-16-6-2-3-8-18(16)14-30-22-11-10-17-7-4-5-9-20(17)21(22)13-26-28-23(29)12-19-15-31-24(25)27-19/h2-11,13,15H,12,14H2,1H3,(H2,25,27)(H,28,29)/b26-13+. The molecule has 0 unspecified atom stereocenters. The van der Waals surface area contributed by atoms with Crippen molar-refractivity contribution < 1.29 is 9.53 Å². The number of nitrogens with zero attached hydrogens (tertiary/aromatic N) is 2. The highest BCUT2D eigenvalue weighted by Gasteiger charge is 2.09. The van der Waals surface area contributed by atoms with Crippen LogP contribution in [-0.4, -0.2) is 17.1 Å². The van der Waals surface area contributed by atoms with Crippen molar-refractivity contribution in [1.82, 2.24) is 10.4 Å². The Balaban J connectivity index is 1.54. The average molecular weight is 431 g/mol. The minimum atomic E-state index is -0.260. The number of fused-ring (bicyclic) bond motifs is 1. The van der Waals surface area contributed by atoms with Crippen molar-refractivity contribution in [1.29, 1.82) is 0 Å². The molecular formula is C24H22N4O2S. The molecule has 7 heteroatoms. The van der Waals surface area contributed by atoms with E-state index >= 15 is 0 Å². The normalized spacial score (nSPS) is 11.1. The molecule has 1 aromatic heterocycles. The van der Waals surface area contributed by atoms with E-state index in [1.807, 2.05) is 48.5 Å². The molecule has 4 aromatic rings. The summed E-state index contributed by atoms with van der Waals surface area (Å²) in [7, 11) is 0. The van der Waals surface area contributed by atoms with Crippen molar-refractivity contribution in [3.63, 3.8) is 0 Å². The number of thiazole rings is 1. The van der Waals surface area contributed by atoms with Gasteiger partial charge in [-0.25, -0.2) is 10.4 Å². The Hall–Kier alpha value is -3.71. The van der Waals surface area contributed by atoms with Crippen molar-refractivity contribution in [2.45, 2.75) is 20.0 Å². The molecule has 3 N–H and O–H groups in total. The second kappa shape index (κ2) is 9.40. The number of anilines is 1. The molecule has 31 heavy (non-hydrogen) atoms. The Kier molecular flexibility index (Phi) is 6.24. The molecule has 0 radical (unpaired) electrons. The van der Waals surface area contributed by atoms with Gasteiger partial charge in [0.05, 0.1) is 18.3 Å². The van der Waals surface area contributed by atoms with Crippen LogP contribution in [0.3, 0.4) is 0 Å². The van der Waals surface area contributed by atoms with Crippen LogP contribution in [0.4, 0.5) is 5.13 Å². The summed E-state index contributed by atoms with van der Waals surface area (Å²) in [5, 5.41) is 8.44. The first-order valence-electron chi connectivity index (χ1n) is 9.81. The average Bonchev–Trinajstić information content (AvgIpc) is 3.18. The van der Waals surface area contributed by atoms with E-state index < -0.39 is 0 Å². The highest BCUT2D eigenvalue weighted by Crippen LogP contribution is 2.27. The monoisotopic (exact) mass is 430 g/mol. The molecule has 6 nitrogen and oxygen atoms in total. The van der Waals surface area contributed by atoms with Crippen molar-refractivity contribution >= 4 is 39.4 Å². The van der Waals surface area contributed by atoms with Crippen LogP contribution in [0.25, 0.3) is 10.8 Å². The van der Waals surface area contributed by atoms with Crippen molar-refractivity contribution in [2.24, 2.45) is 5.10 Å².